The van der Waals surface area contributed by atoms with Crippen molar-refractivity contribution in [3.63, 3.8) is 0 Å². The van der Waals surface area contributed by atoms with Crippen LogP contribution in [-0.2, 0) is 15.9 Å². The molecule has 0 unspecified atom stereocenters. The predicted molar refractivity (Wildman–Crippen MR) is 77.7 cm³/mol. The van der Waals surface area contributed by atoms with E-state index < -0.39 is 15.8 Å². The number of rotatable bonds is 4. The first-order chi connectivity index (χ1) is 9.48. The average Bonchev–Trinajstić information content (AvgIpc) is 2.47. The van der Waals surface area contributed by atoms with E-state index in [0.29, 0.717) is 24.6 Å². The van der Waals surface area contributed by atoms with Gasteiger partial charge in [0.25, 0.3) is 0 Å². The molecule has 0 atom stereocenters. The molecular weight excluding hydrogens is 301 g/mol. The summed E-state index contributed by atoms with van der Waals surface area (Å²) >= 11 is 5.69. The minimum atomic E-state index is -3.76. The third-order valence-electron chi connectivity index (χ3n) is 3.92. The van der Waals surface area contributed by atoms with Crippen molar-refractivity contribution >= 4 is 21.6 Å². The molecule has 0 spiro atoms. The normalized spacial score (nSPS) is 18.4. The third-order valence-corrected chi connectivity index (χ3v) is 6.14. The summed E-state index contributed by atoms with van der Waals surface area (Å²) in [6, 6.07) is 4.01. The highest BCUT2D eigenvalue weighted by atomic mass is 35.5. The lowest BCUT2D eigenvalue weighted by Crippen LogP contribution is -2.38. The molecule has 0 bridgehead atoms. The molecular formula is C14H19ClFNO2S. The molecule has 1 aromatic carbocycles. The van der Waals surface area contributed by atoms with Gasteiger partial charge in [-0.3, -0.25) is 0 Å². The van der Waals surface area contributed by atoms with Crippen LogP contribution >= 0.6 is 11.6 Å². The van der Waals surface area contributed by atoms with Gasteiger partial charge in [-0.25, -0.2) is 12.8 Å². The van der Waals surface area contributed by atoms with Crippen LogP contribution in [0.25, 0.3) is 0 Å². The first-order valence-electron chi connectivity index (χ1n) is 6.83. The lowest BCUT2D eigenvalue weighted by Gasteiger charge is -2.30. The van der Waals surface area contributed by atoms with Crippen LogP contribution in [-0.4, -0.2) is 25.8 Å². The van der Waals surface area contributed by atoms with E-state index in [-0.39, 0.29) is 10.8 Å². The Morgan fingerprint density at radius 2 is 2.00 bits per heavy atom. The summed E-state index contributed by atoms with van der Waals surface area (Å²) in [6.07, 6.45) is 2.74. The maximum Gasteiger partial charge on any atom is 0.245 e. The molecule has 1 aliphatic heterocycles. The molecule has 0 saturated carbocycles. The van der Waals surface area contributed by atoms with Crippen molar-refractivity contribution < 1.29 is 12.8 Å². The predicted octanol–water partition coefficient (Wildman–Crippen LogP) is 3.38. The number of benzene rings is 1. The van der Waals surface area contributed by atoms with Gasteiger partial charge in [0.2, 0.25) is 10.0 Å². The van der Waals surface area contributed by atoms with Gasteiger partial charge in [-0.2, -0.15) is 4.31 Å². The van der Waals surface area contributed by atoms with Gasteiger partial charge in [0.1, 0.15) is 10.7 Å². The molecule has 0 aliphatic carbocycles. The number of halogens is 2. The number of piperidine rings is 1. The first kappa shape index (κ1) is 15.7. The summed E-state index contributed by atoms with van der Waals surface area (Å²) in [5.41, 5.74) is 0.607. The Morgan fingerprint density at radius 1 is 1.35 bits per heavy atom. The molecule has 1 aromatic rings. The Balaban J connectivity index is 2.27. The summed E-state index contributed by atoms with van der Waals surface area (Å²) in [7, 11) is -3.76. The molecule has 1 saturated heterocycles. The van der Waals surface area contributed by atoms with E-state index >= 15 is 0 Å². The van der Waals surface area contributed by atoms with Crippen LogP contribution in [0.2, 0.25) is 0 Å². The van der Waals surface area contributed by atoms with Gasteiger partial charge in [0, 0.05) is 19.0 Å². The molecule has 0 aromatic heterocycles. The molecule has 0 radical (unpaired) electrons. The monoisotopic (exact) mass is 319 g/mol. The van der Waals surface area contributed by atoms with Crippen LogP contribution in [0.1, 0.15) is 31.7 Å². The fourth-order valence-electron chi connectivity index (χ4n) is 2.53. The average molecular weight is 320 g/mol. The van der Waals surface area contributed by atoms with Gasteiger partial charge in [-0.05, 0) is 36.5 Å². The summed E-state index contributed by atoms with van der Waals surface area (Å²) in [4.78, 5) is -0.259. The second-order valence-corrected chi connectivity index (χ2v) is 7.33. The number of nitrogens with zero attached hydrogens (tertiary/aromatic N) is 1. The number of hydrogen-bond acceptors (Lipinski definition) is 2. The van der Waals surface area contributed by atoms with Gasteiger partial charge < -0.3 is 0 Å². The van der Waals surface area contributed by atoms with E-state index in [1.165, 1.54) is 22.5 Å². The molecule has 0 N–H and O–H groups in total. The largest absolute Gasteiger partial charge is 0.245 e. The minimum Gasteiger partial charge on any atom is -0.207 e. The Labute approximate surface area is 124 Å². The van der Waals surface area contributed by atoms with Crippen LogP contribution in [0.15, 0.2) is 23.1 Å². The minimum absolute atomic E-state index is 0.167. The van der Waals surface area contributed by atoms with E-state index in [4.69, 9.17) is 11.6 Å². The number of hydrogen-bond donors (Lipinski definition) is 0. The fourth-order valence-corrected chi connectivity index (χ4v) is 4.28. The molecule has 6 heteroatoms. The molecule has 1 fully saturated rings. The van der Waals surface area contributed by atoms with Crippen LogP contribution < -0.4 is 0 Å². The standard InChI is InChI=1S/C14H19ClFNO2S/c1-2-11-5-7-17(8-6-11)20(18,19)14-9-12(10-15)3-4-13(14)16/h3-4,9,11H,2,5-8,10H2,1H3. The summed E-state index contributed by atoms with van der Waals surface area (Å²) < 4.78 is 40.3. The summed E-state index contributed by atoms with van der Waals surface area (Å²) in [5.74, 6) is 0.0257. The van der Waals surface area contributed by atoms with Crippen LogP contribution in [0, 0.1) is 11.7 Å². The highest BCUT2D eigenvalue weighted by Crippen LogP contribution is 2.27. The Kier molecular flexibility index (Phi) is 5.04. The second kappa shape index (κ2) is 6.41. The van der Waals surface area contributed by atoms with E-state index in [1.54, 1.807) is 0 Å². The lowest BCUT2D eigenvalue weighted by molar-refractivity contribution is 0.268. The van der Waals surface area contributed by atoms with Gasteiger partial charge in [0.05, 0.1) is 0 Å². The molecule has 3 nitrogen and oxygen atoms in total. The van der Waals surface area contributed by atoms with E-state index in [9.17, 15) is 12.8 Å². The molecule has 1 aliphatic rings. The van der Waals surface area contributed by atoms with Crippen molar-refractivity contribution in [3.05, 3.63) is 29.6 Å². The summed E-state index contributed by atoms with van der Waals surface area (Å²) in [5, 5.41) is 0. The zero-order chi connectivity index (χ0) is 14.8. The van der Waals surface area contributed by atoms with Gasteiger partial charge in [-0.1, -0.05) is 19.4 Å². The van der Waals surface area contributed by atoms with Gasteiger partial charge in [-0.15, -0.1) is 11.6 Å². The molecule has 1 heterocycles. The maximum absolute atomic E-state index is 13.9. The van der Waals surface area contributed by atoms with Crippen LogP contribution in [0.5, 0.6) is 0 Å². The quantitative estimate of drug-likeness (QED) is 0.798. The van der Waals surface area contributed by atoms with Crippen molar-refractivity contribution in [2.75, 3.05) is 13.1 Å². The molecule has 20 heavy (non-hydrogen) atoms. The highest BCUT2D eigenvalue weighted by Gasteiger charge is 2.30. The SMILES string of the molecule is CCC1CCN(S(=O)(=O)c2cc(CCl)ccc2F)CC1. The Hall–Kier alpha value is -0.650. The maximum atomic E-state index is 13.9. The summed E-state index contributed by atoms with van der Waals surface area (Å²) in [6.45, 7) is 3.04. The fraction of sp³-hybridized carbons (Fsp3) is 0.571. The van der Waals surface area contributed by atoms with Crippen molar-refractivity contribution in [1.29, 1.82) is 0 Å². The van der Waals surface area contributed by atoms with Gasteiger partial charge >= 0.3 is 0 Å². The number of sulfonamides is 1. The molecule has 0 amide bonds. The van der Waals surface area contributed by atoms with E-state index in [1.807, 2.05) is 0 Å². The van der Waals surface area contributed by atoms with Crippen LogP contribution in [0.3, 0.4) is 0 Å². The zero-order valence-electron chi connectivity index (χ0n) is 11.5. The van der Waals surface area contributed by atoms with Crippen molar-refractivity contribution in [1.82, 2.24) is 4.31 Å². The zero-order valence-corrected chi connectivity index (χ0v) is 13.1. The van der Waals surface area contributed by atoms with Gasteiger partial charge in [0.15, 0.2) is 0 Å². The van der Waals surface area contributed by atoms with Crippen molar-refractivity contribution in [2.45, 2.75) is 37.0 Å². The topological polar surface area (TPSA) is 37.4 Å². The molecule has 112 valence electrons. The first-order valence-corrected chi connectivity index (χ1v) is 8.81. The Morgan fingerprint density at radius 3 is 2.55 bits per heavy atom. The smallest absolute Gasteiger partial charge is 0.207 e. The second-order valence-electron chi connectivity index (χ2n) is 5.15. The number of alkyl halides is 1. The van der Waals surface area contributed by atoms with E-state index in [0.717, 1.165) is 19.3 Å². The van der Waals surface area contributed by atoms with Crippen LogP contribution in [0.4, 0.5) is 4.39 Å². The van der Waals surface area contributed by atoms with Crippen molar-refractivity contribution in [3.8, 4) is 0 Å². The Bertz CT molecular complexity index is 569. The highest BCUT2D eigenvalue weighted by molar-refractivity contribution is 7.89. The molecule has 2 rings (SSSR count). The lowest BCUT2D eigenvalue weighted by atomic mass is 9.96. The van der Waals surface area contributed by atoms with E-state index in [2.05, 4.69) is 6.92 Å². The van der Waals surface area contributed by atoms with Crippen molar-refractivity contribution in [2.24, 2.45) is 5.92 Å². The third kappa shape index (κ3) is 3.15.